The number of carbonyl (C=O) groups is 2. The monoisotopic (exact) mass is 239 g/mol. The van der Waals surface area contributed by atoms with Gasteiger partial charge in [0.2, 0.25) is 0 Å². The van der Waals surface area contributed by atoms with Gasteiger partial charge < -0.3 is 10.4 Å². The first kappa shape index (κ1) is 11.1. The summed E-state index contributed by atoms with van der Waals surface area (Å²) < 4.78 is 0. The molecule has 2 rings (SSSR count). The first-order valence-corrected chi connectivity index (χ1v) is 6.07. The predicted octanol–water partition coefficient (Wildman–Crippen LogP) is 1.73. The highest BCUT2D eigenvalue weighted by Gasteiger charge is 2.44. The van der Waals surface area contributed by atoms with Gasteiger partial charge in [0.15, 0.2) is 0 Å². The summed E-state index contributed by atoms with van der Waals surface area (Å²) >= 11 is 1.36. The highest BCUT2D eigenvalue weighted by molar-refractivity contribution is 7.12. The number of thiophene rings is 1. The van der Waals surface area contributed by atoms with E-state index in [9.17, 15) is 9.59 Å². The van der Waals surface area contributed by atoms with Gasteiger partial charge >= 0.3 is 5.97 Å². The first-order chi connectivity index (χ1) is 7.64. The van der Waals surface area contributed by atoms with Crippen LogP contribution in [0.25, 0.3) is 0 Å². The van der Waals surface area contributed by atoms with E-state index >= 15 is 0 Å². The Hall–Kier alpha value is -1.36. The Balaban J connectivity index is 1.92. The van der Waals surface area contributed by atoms with Crippen LogP contribution in [0.5, 0.6) is 0 Å². The van der Waals surface area contributed by atoms with E-state index in [4.69, 9.17) is 5.11 Å². The van der Waals surface area contributed by atoms with Crippen molar-refractivity contribution < 1.29 is 14.7 Å². The molecule has 1 aliphatic carbocycles. The molecule has 1 aromatic heterocycles. The molecule has 86 valence electrons. The molecule has 1 aliphatic rings. The Morgan fingerprint density at radius 1 is 1.50 bits per heavy atom. The van der Waals surface area contributed by atoms with Crippen molar-refractivity contribution in [3.63, 3.8) is 0 Å². The Morgan fingerprint density at radius 2 is 2.25 bits per heavy atom. The lowest BCUT2D eigenvalue weighted by atomic mass is 9.69. The fourth-order valence-electron chi connectivity index (χ4n) is 1.81. The minimum atomic E-state index is -0.801. The van der Waals surface area contributed by atoms with Crippen molar-refractivity contribution in [2.24, 2.45) is 5.41 Å². The molecule has 2 N–H and O–H groups in total. The molecule has 0 radical (unpaired) electrons. The second-order valence-electron chi connectivity index (χ2n) is 4.10. The maximum Gasteiger partial charge on any atom is 0.311 e. The van der Waals surface area contributed by atoms with E-state index in [2.05, 4.69) is 5.32 Å². The van der Waals surface area contributed by atoms with Crippen molar-refractivity contribution in [3.8, 4) is 0 Å². The molecule has 0 atom stereocenters. The molecule has 1 heterocycles. The molecular formula is C11H13NO3S. The zero-order valence-electron chi connectivity index (χ0n) is 8.73. The second-order valence-corrected chi connectivity index (χ2v) is 5.05. The van der Waals surface area contributed by atoms with E-state index in [0.29, 0.717) is 17.7 Å². The number of amides is 1. The van der Waals surface area contributed by atoms with Gasteiger partial charge in [0.05, 0.1) is 10.3 Å². The summed E-state index contributed by atoms with van der Waals surface area (Å²) in [7, 11) is 0. The number of carboxylic acids is 1. The number of nitrogens with one attached hydrogen (secondary N) is 1. The predicted molar refractivity (Wildman–Crippen MR) is 60.6 cm³/mol. The Labute approximate surface area is 97.3 Å². The van der Waals surface area contributed by atoms with Crippen LogP contribution < -0.4 is 5.32 Å². The Kier molecular flexibility index (Phi) is 2.96. The van der Waals surface area contributed by atoms with E-state index in [1.807, 2.05) is 5.38 Å². The fraction of sp³-hybridized carbons (Fsp3) is 0.455. The standard InChI is InChI=1S/C11H13NO3S/c13-9(8-3-1-6-16-8)12-7-11(10(14)15)4-2-5-11/h1,3,6H,2,4-5,7H2,(H,12,13)(H,14,15). The van der Waals surface area contributed by atoms with E-state index in [-0.39, 0.29) is 12.5 Å². The third kappa shape index (κ3) is 1.95. The van der Waals surface area contributed by atoms with Crippen LogP contribution >= 0.6 is 11.3 Å². The van der Waals surface area contributed by atoms with Crippen molar-refractivity contribution in [3.05, 3.63) is 22.4 Å². The number of hydrogen-bond acceptors (Lipinski definition) is 3. The number of aliphatic carboxylic acids is 1. The van der Waals surface area contributed by atoms with Gasteiger partial charge in [0.25, 0.3) is 5.91 Å². The number of carbonyl (C=O) groups excluding carboxylic acids is 1. The number of rotatable bonds is 4. The third-order valence-electron chi connectivity index (χ3n) is 3.10. The van der Waals surface area contributed by atoms with E-state index in [1.165, 1.54) is 11.3 Å². The summed E-state index contributed by atoms with van der Waals surface area (Å²) in [5.74, 6) is -0.979. The quantitative estimate of drug-likeness (QED) is 0.841. The van der Waals surface area contributed by atoms with Crippen LogP contribution in [0, 0.1) is 5.41 Å². The van der Waals surface area contributed by atoms with Crippen LogP contribution in [0.4, 0.5) is 0 Å². The van der Waals surface area contributed by atoms with E-state index in [0.717, 1.165) is 6.42 Å². The number of carboxylic acid groups (broad SMARTS) is 1. The Bertz CT molecular complexity index is 395. The van der Waals surface area contributed by atoms with Crippen molar-refractivity contribution >= 4 is 23.2 Å². The molecule has 0 bridgehead atoms. The highest BCUT2D eigenvalue weighted by atomic mass is 32.1. The summed E-state index contributed by atoms with van der Waals surface area (Å²) in [5, 5.41) is 13.6. The molecule has 0 saturated heterocycles. The summed E-state index contributed by atoms with van der Waals surface area (Å²) in [5.41, 5.74) is -0.715. The van der Waals surface area contributed by atoms with Crippen LogP contribution in [0.2, 0.25) is 0 Å². The van der Waals surface area contributed by atoms with Gasteiger partial charge in [-0.25, -0.2) is 0 Å². The van der Waals surface area contributed by atoms with Gasteiger partial charge in [-0.05, 0) is 24.3 Å². The largest absolute Gasteiger partial charge is 0.481 e. The lowest BCUT2D eigenvalue weighted by molar-refractivity contribution is -0.153. The minimum absolute atomic E-state index is 0.178. The SMILES string of the molecule is O=C(NCC1(C(=O)O)CCC1)c1cccs1. The molecule has 1 amide bonds. The average Bonchev–Trinajstić information content (AvgIpc) is 2.67. The van der Waals surface area contributed by atoms with Crippen LogP contribution in [0.1, 0.15) is 28.9 Å². The van der Waals surface area contributed by atoms with Crippen LogP contribution in [-0.2, 0) is 4.79 Å². The molecule has 0 spiro atoms. The molecule has 1 saturated carbocycles. The van der Waals surface area contributed by atoms with Gasteiger partial charge in [-0.1, -0.05) is 12.5 Å². The van der Waals surface area contributed by atoms with Gasteiger partial charge in [0, 0.05) is 6.54 Å². The molecular weight excluding hydrogens is 226 g/mol. The van der Waals surface area contributed by atoms with E-state index < -0.39 is 11.4 Å². The van der Waals surface area contributed by atoms with Gasteiger partial charge in [0.1, 0.15) is 0 Å². The van der Waals surface area contributed by atoms with E-state index in [1.54, 1.807) is 12.1 Å². The van der Waals surface area contributed by atoms with Gasteiger partial charge in [-0.3, -0.25) is 9.59 Å². The Morgan fingerprint density at radius 3 is 2.69 bits per heavy atom. The van der Waals surface area contributed by atoms with Crippen molar-refractivity contribution in [1.82, 2.24) is 5.32 Å². The highest BCUT2D eigenvalue weighted by Crippen LogP contribution is 2.40. The minimum Gasteiger partial charge on any atom is -0.481 e. The molecule has 0 unspecified atom stereocenters. The summed E-state index contributed by atoms with van der Waals surface area (Å²) in [4.78, 5) is 23.3. The molecule has 5 heteroatoms. The molecule has 0 aliphatic heterocycles. The van der Waals surface area contributed by atoms with Crippen molar-refractivity contribution in [1.29, 1.82) is 0 Å². The zero-order valence-corrected chi connectivity index (χ0v) is 9.55. The summed E-state index contributed by atoms with van der Waals surface area (Å²) in [6.45, 7) is 0.235. The second kappa shape index (κ2) is 4.25. The van der Waals surface area contributed by atoms with Crippen molar-refractivity contribution in [2.45, 2.75) is 19.3 Å². The maximum atomic E-state index is 11.6. The lowest BCUT2D eigenvalue weighted by Crippen LogP contribution is -2.47. The fourth-order valence-corrected chi connectivity index (χ4v) is 2.45. The molecule has 4 nitrogen and oxygen atoms in total. The van der Waals surface area contributed by atoms with Crippen LogP contribution in [0.3, 0.4) is 0 Å². The smallest absolute Gasteiger partial charge is 0.311 e. The first-order valence-electron chi connectivity index (χ1n) is 5.19. The molecule has 0 aromatic carbocycles. The van der Waals surface area contributed by atoms with Gasteiger partial charge in [-0.2, -0.15) is 0 Å². The normalized spacial score (nSPS) is 17.5. The van der Waals surface area contributed by atoms with Gasteiger partial charge in [-0.15, -0.1) is 11.3 Å². The maximum absolute atomic E-state index is 11.6. The summed E-state index contributed by atoms with van der Waals surface area (Å²) in [6.07, 6.45) is 2.25. The topological polar surface area (TPSA) is 66.4 Å². The summed E-state index contributed by atoms with van der Waals surface area (Å²) in [6, 6.07) is 3.53. The van der Waals surface area contributed by atoms with Crippen molar-refractivity contribution in [2.75, 3.05) is 6.54 Å². The molecule has 1 fully saturated rings. The van der Waals surface area contributed by atoms with Crippen LogP contribution in [0.15, 0.2) is 17.5 Å². The zero-order chi connectivity index (χ0) is 11.6. The molecule has 1 aromatic rings. The third-order valence-corrected chi connectivity index (χ3v) is 3.97. The van der Waals surface area contributed by atoms with Crippen LogP contribution in [-0.4, -0.2) is 23.5 Å². The molecule has 16 heavy (non-hydrogen) atoms. The lowest BCUT2D eigenvalue weighted by Gasteiger charge is -2.37. The number of hydrogen-bond donors (Lipinski definition) is 2. The average molecular weight is 239 g/mol.